The number of nitrogens with zero attached hydrogens (tertiary/aromatic N) is 2. The quantitative estimate of drug-likeness (QED) is 0.790. The van der Waals surface area contributed by atoms with Gasteiger partial charge in [0.2, 0.25) is 0 Å². The van der Waals surface area contributed by atoms with Gasteiger partial charge in [0.15, 0.2) is 0 Å². The van der Waals surface area contributed by atoms with E-state index in [0.717, 1.165) is 36.5 Å². The monoisotopic (exact) mass is 193 g/mol. The Morgan fingerprint density at radius 2 is 2.14 bits per heavy atom. The molecule has 1 atom stereocenters. The second kappa shape index (κ2) is 5.05. The van der Waals surface area contributed by atoms with Crippen molar-refractivity contribution in [2.75, 3.05) is 0 Å². The van der Waals surface area contributed by atoms with E-state index in [1.165, 1.54) is 0 Å². The predicted octanol–water partition coefficient (Wildman–Crippen LogP) is 1.63. The maximum atomic E-state index is 5.74. The molecular weight excluding hydrogens is 174 g/mol. The first kappa shape index (κ1) is 11.1. The molecule has 0 bridgehead atoms. The minimum Gasteiger partial charge on any atom is -0.328 e. The Labute approximate surface area is 85.8 Å². The van der Waals surface area contributed by atoms with Crippen LogP contribution in [-0.4, -0.2) is 16.0 Å². The van der Waals surface area contributed by atoms with Gasteiger partial charge in [-0.2, -0.15) is 0 Å². The number of hydrogen-bond donors (Lipinski definition) is 1. The van der Waals surface area contributed by atoms with Crippen molar-refractivity contribution in [3.05, 3.63) is 23.3 Å². The van der Waals surface area contributed by atoms with E-state index >= 15 is 0 Å². The topological polar surface area (TPSA) is 51.8 Å². The molecule has 3 nitrogen and oxygen atoms in total. The van der Waals surface area contributed by atoms with Crippen LogP contribution in [0.3, 0.4) is 0 Å². The molecule has 0 aromatic carbocycles. The molecule has 78 valence electrons. The Bertz CT molecular complexity index is 295. The first-order chi connectivity index (χ1) is 6.61. The lowest BCUT2D eigenvalue weighted by atomic mass is 10.1. The average molecular weight is 193 g/mol. The van der Waals surface area contributed by atoms with E-state index in [4.69, 9.17) is 5.73 Å². The van der Waals surface area contributed by atoms with Crippen LogP contribution >= 0.6 is 0 Å². The molecule has 0 saturated heterocycles. The second-order valence-electron chi connectivity index (χ2n) is 3.85. The number of hydrogen-bond acceptors (Lipinski definition) is 3. The maximum absolute atomic E-state index is 5.74. The van der Waals surface area contributed by atoms with Crippen LogP contribution in [0.25, 0.3) is 0 Å². The highest BCUT2D eigenvalue weighted by atomic mass is 14.9. The van der Waals surface area contributed by atoms with Crippen molar-refractivity contribution in [3.63, 3.8) is 0 Å². The molecule has 0 aliphatic heterocycles. The Balaban J connectivity index is 2.83. The Kier molecular flexibility index (Phi) is 4.01. The third-order valence-electron chi connectivity index (χ3n) is 1.96. The summed E-state index contributed by atoms with van der Waals surface area (Å²) >= 11 is 0. The van der Waals surface area contributed by atoms with Crippen LogP contribution in [0, 0.1) is 6.92 Å². The van der Waals surface area contributed by atoms with E-state index in [1.807, 2.05) is 19.9 Å². The molecule has 1 aromatic rings. The number of aromatic nitrogens is 2. The fourth-order valence-electron chi connectivity index (χ4n) is 1.47. The third-order valence-corrected chi connectivity index (χ3v) is 1.96. The Hall–Kier alpha value is -0.960. The summed E-state index contributed by atoms with van der Waals surface area (Å²) in [6.07, 6.45) is 2.87. The largest absolute Gasteiger partial charge is 0.328 e. The fourth-order valence-corrected chi connectivity index (χ4v) is 1.47. The molecule has 0 aliphatic rings. The first-order valence-electron chi connectivity index (χ1n) is 5.20. The van der Waals surface area contributed by atoms with Crippen molar-refractivity contribution in [1.82, 2.24) is 9.97 Å². The molecular formula is C11H19N3. The zero-order valence-electron chi connectivity index (χ0n) is 9.25. The third kappa shape index (κ3) is 3.42. The van der Waals surface area contributed by atoms with Crippen LogP contribution < -0.4 is 5.73 Å². The number of nitrogens with two attached hydrogens (primary N) is 1. The molecule has 1 unspecified atom stereocenters. The fraction of sp³-hybridized carbons (Fsp3) is 0.636. The van der Waals surface area contributed by atoms with Crippen LogP contribution in [0.15, 0.2) is 6.07 Å². The minimum absolute atomic E-state index is 0.166. The summed E-state index contributed by atoms with van der Waals surface area (Å²) < 4.78 is 0. The van der Waals surface area contributed by atoms with Gasteiger partial charge in [0.05, 0.1) is 0 Å². The van der Waals surface area contributed by atoms with Gasteiger partial charge in [-0.05, 0) is 26.3 Å². The van der Waals surface area contributed by atoms with E-state index in [0.29, 0.717) is 0 Å². The highest BCUT2D eigenvalue weighted by Crippen LogP contribution is 2.04. The van der Waals surface area contributed by atoms with Gasteiger partial charge in [-0.15, -0.1) is 0 Å². The highest BCUT2D eigenvalue weighted by Gasteiger charge is 2.03. The molecule has 0 saturated carbocycles. The zero-order valence-corrected chi connectivity index (χ0v) is 9.25. The lowest BCUT2D eigenvalue weighted by molar-refractivity contribution is 0.705. The molecule has 0 spiro atoms. The highest BCUT2D eigenvalue weighted by molar-refractivity contribution is 5.11. The first-order valence-corrected chi connectivity index (χ1v) is 5.20. The Morgan fingerprint density at radius 1 is 1.43 bits per heavy atom. The van der Waals surface area contributed by atoms with E-state index in [9.17, 15) is 0 Å². The summed E-state index contributed by atoms with van der Waals surface area (Å²) in [7, 11) is 0. The van der Waals surface area contributed by atoms with E-state index in [2.05, 4.69) is 16.9 Å². The number of aryl methyl sites for hydroxylation is 2. The number of rotatable bonds is 4. The summed E-state index contributed by atoms with van der Waals surface area (Å²) in [5.41, 5.74) is 7.84. The van der Waals surface area contributed by atoms with Crippen LogP contribution in [0.1, 0.15) is 37.5 Å². The van der Waals surface area contributed by atoms with E-state index in [-0.39, 0.29) is 6.04 Å². The summed E-state index contributed by atoms with van der Waals surface area (Å²) in [4.78, 5) is 8.85. The van der Waals surface area contributed by atoms with Crippen molar-refractivity contribution < 1.29 is 0 Å². The van der Waals surface area contributed by atoms with E-state index in [1.54, 1.807) is 0 Å². The van der Waals surface area contributed by atoms with Gasteiger partial charge >= 0.3 is 0 Å². The second-order valence-corrected chi connectivity index (χ2v) is 3.85. The molecule has 0 aliphatic carbocycles. The lowest BCUT2D eigenvalue weighted by Crippen LogP contribution is -2.19. The molecule has 1 rings (SSSR count). The van der Waals surface area contributed by atoms with Gasteiger partial charge in [0, 0.05) is 30.3 Å². The molecule has 1 heterocycles. The molecule has 0 amide bonds. The lowest BCUT2D eigenvalue weighted by Gasteiger charge is -2.07. The summed E-state index contributed by atoms with van der Waals surface area (Å²) in [6.45, 7) is 6.14. The normalized spacial score (nSPS) is 12.9. The van der Waals surface area contributed by atoms with Crippen molar-refractivity contribution in [3.8, 4) is 0 Å². The van der Waals surface area contributed by atoms with Crippen LogP contribution in [0.4, 0.5) is 0 Å². The van der Waals surface area contributed by atoms with Crippen molar-refractivity contribution >= 4 is 0 Å². The van der Waals surface area contributed by atoms with Crippen LogP contribution in [0.5, 0.6) is 0 Å². The van der Waals surface area contributed by atoms with Crippen LogP contribution in [-0.2, 0) is 12.8 Å². The molecule has 2 N–H and O–H groups in total. The van der Waals surface area contributed by atoms with Gasteiger partial charge in [-0.3, -0.25) is 0 Å². The van der Waals surface area contributed by atoms with Crippen LogP contribution in [0.2, 0.25) is 0 Å². The maximum Gasteiger partial charge on any atom is 0.128 e. The summed E-state index contributed by atoms with van der Waals surface area (Å²) in [5.74, 6) is 0.947. The predicted molar refractivity (Wildman–Crippen MR) is 58.1 cm³/mol. The molecule has 3 heteroatoms. The summed E-state index contributed by atoms with van der Waals surface area (Å²) in [6, 6.07) is 2.18. The van der Waals surface area contributed by atoms with Crippen molar-refractivity contribution in [2.45, 2.75) is 46.1 Å². The van der Waals surface area contributed by atoms with Gasteiger partial charge in [0.25, 0.3) is 0 Å². The van der Waals surface area contributed by atoms with Crippen molar-refractivity contribution in [1.29, 1.82) is 0 Å². The SMILES string of the molecule is CCCc1nc(C)cc(CC(C)N)n1. The molecule has 14 heavy (non-hydrogen) atoms. The van der Waals surface area contributed by atoms with Gasteiger partial charge < -0.3 is 5.73 Å². The van der Waals surface area contributed by atoms with Gasteiger partial charge in [-0.25, -0.2) is 9.97 Å². The van der Waals surface area contributed by atoms with E-state index < -0.39 is 0 Å². The molecule has 1 aromatic heterocycles. The Morgan fingerprint density at radius 3 is 2.71 bits per heavy atom. The smallest absolute Gasteiger partial charge is 0.128 e. The van der Waals surface area contributed by atoms with Gasteiger partial charge in [0.1, 0.15) is 5.82 Å². The standard InChI is InChI=1S/C11H19N3/c1-4-5-11-13-9(3)7-10(14-11)6-8(2)12/h7-8H,4-6,12H2,1-3H3. The molecule has 0 fully saturated rings. The van der Waals surface area contributed by atoms with Gasteiger partial charge in [-0.1, -0.05) is 6.92 Å². The zero-order chi connectivity index (χ0) is 10.6. The minimum atomic E-state index is 0.166. The average Bonchev–Trinajstić information content (AvgIpc) is 2.01. The molecule has 0 radical (unpaired) electrons. The van der Waals surface area contributed by atoms with Crippen molar-refractivity contribution in [2.24, 2.45) is 5.73 Å². The summed E-state index contributed by atoms with van der Waals surface area (Å²) in [5, 5.41) is 0.